The van der Waals surface area contributed by atoms with Crippen LogP contribution in [0.2, 0.25) is 10.0 Å². The van der Waals surface area contributed by atoms with Crippen molar-refractivity contribution in [3.05, 3.63) is 33.8 Å². The van der Waals surface area contributed by atoms with E-state index in [1.807, 2.05) is 0 Å². The summed E-state index contributed by atoms with van der Waals surface area (Å²) in [5.41, 5.74) is -0.742. The number of rotatable bonds is 6. The van der Waals surface area contributed by atoms with Gasteiger partial charge in [0.15, 0.2) is 0 Å². The van der Waals surface area contributed by atoms with Crippen molar-refractivity contribution in [2.75, 3.05) is 20.3 Å². The van der Waals surface area contributed by atoms with Gasteiger partial charge in [0, 0.05) is 26.7 Å². The van der Waals surface area contributed by atoms with Gasteiger partial charge in [-0.15, -0.1) is 0 Å². The third-order valence-electron chi connectivity index (χ3n) is 2.67. The van der Waals surface area contributed by atoms with Gasteiger partial charge in [0.25, 0.3) is 5.91 Å². The van der Waals surface area contributed by atoms with Gasteiger partial charge in [-0.3, -0.25) is 4.79 Å². The van der Waals surface area contributed by atoms with Crippen molar-refractivity contribution >= 4 is 29.1 Å². The highest BCUT2D eigenvalue weighted by Gasteiger charge is 2.22. The first-order valence-corrected chi connectivity index (χ1v) is 6.56. The molecule has 0 spiro atoms. The molecule has 0 heterocycles. The van der Waals surface area contributed by atoms with Gasteiger partial charge < -0.3 is 15.2 Å². The Kier molecular flexibility index (Phi) is 6.07. The Morgan fingerprint density at radius 1 is 1.47 bits per heavy atom. The molecule has 1 aromatic carbocycles. The molecule has 2 N–H and O–H groups in total. The van der Waals surface area contributed by atoms with Crippen molar-refractivity contribution in [2.45, 2.75) is 18.9 Å². The van der Waals surface area contributed by atoms with Crippen LogP contribution in [0, 0.1) is 0 Å². The molecule has 0 aliphatic carbocycles. The Bertz CT molecular complexity index is 450. The zero-order valence-electron chi connectivity index (χ0n) is 10.9. The first-order valence-electron chi connectivity index (χ1n) is 5.81. The van der Waals surface area contributed by atoms with Gasteiger partial charge in [-0.05, 0) is 19.1 Å². The quantitative estimate of drug-likeness (QED) is 0.849. The fourth-order valence-corrected chi connectivity index (χ4v) is 1.84. The number of nitrogens with one attached hydrogen (secondary N) is 1. The third kappa shape index (κ3) is 4.99. The molecule has 1 unspecified atom stereocenters. The van der Waals surface area contributed by atoms with E-state index in [0.717, 1.165) is 0 Å². The molecule has 0 bridgehead atoms. The number of hydrogen-bond acceptors (Lipinski definition) is 3. The number of hydrogen-bond donors (Lipinski definition) is 2. The Morgan fingerprint density at radius 2 is 2.16 bits per heavy atom. The number of ether oxygens (including phenoxy) is 1. The van der Waals surface area contributed by atoms with Crippen molar-refractivity contribution in [3.63, 3.8) is 0 Å². The fourth-order valence-electron chi connectivity index (χ4n) is 1.46. The lowest BCUT2D eigenvalue weighted by Crippen LogP contribution is -2.41. The molecule has 1 rings (SSSR count). The van der Waals surface area contributed by atoms with Crippen LogP contribution < -0.4 is 5.32 Å². The van der Waals surface area contributed by atoms with Crippen LogP contribution in [0.5, 0.6) is 0 Å². The van der Waals surface area contributed by atoms with Crippen molar-refractivity contribution in [1.82, 2.24) is 5.32 Å². The Labute approximate surface area is 122 Å². The fraction of sp³-hybridized carbons (Fsp3) is 0.462. The van der Waals surface area contributed by atoms with Crippen LogP contribution in [0.3, 0.4) is 0 Å². The summed E-state index contributed by atoms with van der Waals surface area (Å²) in [6.07, 6.45) is 0.424. The molecule has 6 heteroatoms. The molecule has 0 fully saturated rings. The maximum atomic E-state index is 11.9. The molecule has 0 saturated carbocycles. The van der Waals surface area contributed by atoms with Crippen LogP contribution in [0.1, 0.15) is 23.7 Å². The van der Waals surface area contributed by atoms with Gasteiger partial charge in [0.2, 0.25) is 0 Å². The van der Waals surface area contributed by atoms with Crippen LogP contribution in [0.15, 0.2) is 18.2 Å². The number of benzene rings is 1. The first kappa shape index (κ1) is 16.2. The summed E-state index contributed by atoms with van der Waals surface area (Å²) >= 11 is 11.8. The highest BCUT2D eigenvalue weighted by atomic mass is 35.5. The minimum atomic E-state index is -1.03. The number of carbonyl (C=O) groups is 1. The maximum absolute atomic E-state index is 11.9. The van der Waals surface area contributed by atoms with E-state index in [1.165, 1.54) is 0 Å². The molecule has 4 nitrogen and oxygen atoms in total. The summed E-state index contributed by atoms with van der Waals surface area (Å²) in [5.74, 6) is -0.370. The van der Waals surface area contributed by atoms with Crippen molar-refractivity contribution in [2.24, 2.45) is 0 Å². The van der Waals surface area contributed by atoms with E-state index in [1.54, 1.807) is 32.2 Å². The van der Waals surface area contributed by atoms with Crippen LogP contribution in [-0.2, 0) is 4.74 Å². The molecule has 1 aromatic rings. The lowest BCUT2D eigenvalue weighted by Gasteiger charge is -2.23. The van der Waals surface area contributed by atoms with Gasteiger partial charge in [0.05, 0.1) is 21.2 Å². The smallest absolute Gasteiger partial charge is 0.252 e. The Balaban J connectivity index is 2.63. The summed E-state index contributed by atoms with van der Waals surface area (Å²) < 4.78 is 4.89. The molecule has 106 valence electrons. The first-order chi connectivity index (χ1) is 8.87. The molecular weight excluding hydrogens is 289 g/mol. The molecule has 1 atom stereocenters. The van der Waals surface area contributed by atoms with Gasteiger partial charge >= 0.3 is 0 Å². The van der Waals surface area contributed by atoms with Crippen molar-refractivity contribution in [1.29, 1.82) is 0 Å². The summed E-state index contributed by atoms with van der Waals surface area (Å²) in [6.45, 7) is 2.16. The topological polar surface area (TPSA) is 58.6 Å². The normalized spacial score (nSPS) is 13.9. The predicted octanol–water partition coefficient (Wildman–Crippen LogP) is 2.51. The second-order valence-electron chi connectivity index (χ2n) is 4.52. The highest BCUT2D eigenvalue weighted by molar-refractivity contribution is 6.43. The monoisotopic (exact) mass is 305 g/mol. The molecule has 0 aliphatic rings. The molecule has 19 heavy (non-hydrogen) atoms. The largest absolute Gasteiger partial charge is 0.388 e. The average molecular weight is 306 g/mol. The van der Waals surface area contributed by atoms with Crippen LogP contribution in [-0.4, -0.2) is 36.9 Å². The summed E-state index contributed by atoms with van der Waals surface area (Å²) in [5, 5.41) is 13.2. The number of amides is 1. The Hall–Kier alpha value is -0.810. The van der Waals surface area contributed by atoms with Crippen LogP contribution in [0.25, 0.3) is 0 Å². The van der Waals surface area contributed by atoms with E-state index in [-0.39, 0.29) is 23.0 Å². The minimum Gasteiger partial charge on any atom is -0.388 e. The number of carbonyl (C=O) groups excluding carboxylic acids is 1. The van der Waals surface area contributed by atoms with E-state index >= 15 is 0 Å². The maximum Gasteiger partial charge on any atom is 0.252 e. The second kappa shape index (κ2) is 7.10. The van der Waals surface area contributed by atoms with E-state index < -0.39 is 5.60 Å². The molecular formula is C13H17Cl2NO3. The van der Waals surface area contributed by atoms with Gasteiger partial charge in [-0.1, -0.05) is 29.3 Å². The number of aliphatic hydroxyl groups is 1. The highest BCUT2D eigenvalue weighted by Crippen LogP contribution is 2.25. The predicted molar refractivity (Wildman–Crippen MR) is 75.9 cm³/mol. The van der Waals surface area contributed by atoms with Crippen molar-refractivity contribution in [3.8, 4) is 0 Å². The lowest BCUT2D eigenvalue weighted by molar-refractivity contribution is 0.0243. The lowest BCUT2D eigenvalue weighted by atomic mass is 10.0. The molecule has 0 aromatic heterocycles. The Morgan fingerprint density at radius 3 is 2.79 bits per heavy atom. The zero-order valence-corrected chi connectivity index (χ0v) is 12.4. The number of methoxy groups -OCH3 is 1. The summed E-state index contributed by atoms with van der Waals surface area (Å²) in [7, 11) is 1.56. The van der Waals surface area contributed by atoms with Gasteiger partial charge in [0.1, 0.15) is 0 Å². The van der Waals surface area contributed by atoms with E-state index in [9.17, 15) is 9.90 Å². The molecule has 0 aliphatic heterocycles. The number of halogens is 2. The average Bonchev–Trinajstić information content (AvgIpc) is 2.37. The van der Waals surface area contributed by atoms with E-state index in [0.29, 0.717) is 18.1 Å². The van der Waals surface area contributed by atoms with Crippen LogP contribution >= 0.6 is 23.2 Å². The van der Waals surface area contributed by atoms with E-state index in [4.69, 9.17) is 27.9 Å². The zero-order chi connectivity index (χ0) is 14.5. The third-order valence-corrected chi connectivity index (χ3v) is 3.49. The van der Waals surface area contributed by atoms with E-state index in [2.05, 4.69) is 5.32 Å². The van der Waals surface area contributed by atoms with Gasteiger partial charge in [-0.2, -0.15) is 0 Å². The summed E-state index contributed by atoms with van der Waals surface area (Å²) in [4.78, 5) is 11.9. The minimum absolute atomic E-state index is 0.109. The van der Waals surface area contributed by atoms with Gasteiger partial charge in [-0.25, -0.2) is 0 Å². The molecule has 0 radical (unpaired) electrons. The summed E-state index contributed by atoms with van der Waals surface area (Å²) in [6, 6.07) is 4.83. The standard InChI is InChI=1S/C13H17Cl2NO3/c1-13(18,6-7-19-2)8-16-12(17)9-4-3-5-10(14)11(9)15/h3-5,18H,6-8H2,1-2H3,(H,16,17). The second-order valence-corrected chi connectivity index (χ2v) is 5.31. The molecule has 1 amide bonds. The van der Waals surface area contributed by atoms with Crippen molar-refractivity contribution < 1.29 is 14.6 Å². The van der Waals surface area contributed by atoms with Crippen LogP contribution in [0.4, 0.5) is 0 Å². The SMILES string of the molecule is COCCC(C)(O)CNC(=O)c1cccc(Cl)c1Cl. The molecule has 0 saturated heterocycles.